The summed E-state index contributed by atoms with van der Waals surface area (Å²) in [7, 11) is 1.89. The maximum Gasteiger partial charge on any atom is 0.250 e. The van der Waals surface area contributed by atoms with Gasteiger partial charge in [0, 0.05) is 23.4 Å². The Balaban J connectivity index is 2.11. The number of fused-ring (bicyclic) bond motifs is 1. The molecule has 1 heterocycles. The Labute approximate surface area is 163 Å². The number of carbonyl (C=O) groups is 1. The van der Waals surface area contributed by atoms with E-state index in [-0.39, 0.29) is 6.04 Å². The van der Waals surface area contributed by atoms with Gasteiger partial charge in [0.25, 0.3) is 5.91 Å². The van der Waals surface area contributed by atoms with Crippen LogP contribution in [-0.2, 0) is 6.42 Å². The fourth-order valence-corrected chi connectivity index (χ4v) is 3.21. The second kappa shape index (κ2) is 8.33. The Morgan fingerprint density at radius 2 is 2.00 bits per heavy atom. The fraction of sp³-hybridized carbons (Fsp3) is 0.250. The average molecular weight is 384 g/mol. The molecular formula is C20H22ClN5O. The molecule has 3 aromatic rings. The van der Waals surface area contributed by atoms with Crippen molar-refractivity contribution in [2.45, 2.75) is 19.4 Å². The minimum Gasteiger partial charge on any atom is -0.366 e. The highest BCUT2D eigenvalue weighted by Crippen LogP contribution is 2.28. The Morgan fingerprint density at radius 3 is 2.67 bits per heavy atom. The molecule has 140 valence electrons. The Kier molecular flexibility index (Phi) is 5.88. The smallest absolute Gasteiger partial charge is 0.250 e. The molecule has 0 spiro atoms. The van der Waals surface area contributed by atoms with E-state index in [1.807, 2.05) is 44.3 Å². The van der Waals surface area contributed by atoms with Crippen LogP contribution in [-0.4, -0.2) is 29.5 Å². The quantitative estimate of drug-likeness (QED) is 0.582. The largest absolute Gasteiger partial charge is 0.366 e. The van der Waals surface area contributed by atoms with Crippen molar-refractivity contribution in [3.8, 4) is 0 Å². The number of para-hydroxylation sites is 1. The molecule has 4 N–H and O–H groups in total. The summed E-state index contributed by atoms with van der Waals surface area (Å²) in [6.07, 6.45) is 0.644. The number of likely N-dealkylation sites (N-methyl/N-ethyl adjacent to an activating group) is 1. The lowest BCUT2D eigenvalue weighted by atomic mass is 10.1. The van der Waals surface area contributed by atoms with Gasteiger partial charge in [-0.25, -0.2) is 9.97 Å². The molecule has 0 radical (unpaired) electrons. The van der Waals surface area contributed by atoms with Crippen LogP contribution >= 0.6 is 11.6 Å². The van der Waals surface area contributed by atoms with Crippen LogP contribution in [0.5, 0.6) is 0 Å². The number of nitrogens with zero attached hydrogens (tertiary/aromatic N) is 2. The van der Waals surface area contributed by atoms with E-state index in [1.54, 1.807) is 12.1 Å². The predicted molar refractivity (Wildman–Crippen MR) is 109 cm³/mol. The molecule has 0 fully saturated rings. The van der Waals surface area contributed by atoms with E-state index in [2.05, 4.69) is 20.6 Å². The number of nitrogens with two attached hydrogens (primary N) is 1. The minimum absolute atomic E-state index is 0.0614. The van der Waals surface area contributed by atoms with Crippen molar-refractivity contribution in [1.82, 2.24) is 15.3 Å². The number of rotatable bonds is 7. The highest BCUT2D eigenvalue weighted by atomic mass is 35.5. The van der Waals surface area contributed by atoms with Gasteiger partial charge in [-0.05, 0) is 36.9 Å². The van der Waals surface area contributed by atoms with Gasteiger partial charge in [-0.2, -0.15) is 0 Å². The molecule has 0 aliphatic rings. The summed E-state index contributed by atoms with van der Waals surface area (Å²) < 4.78 is 0. The Bertz CT molecular complexity index is 976. The third kappa shape index (κ3) is 4.18. The van der Waals surface area contributed by atoms with Crippen LogP contribution in [0.3, 0.4) is 0 Å². The highest BCUT2D eigenvalue weighted by Gasteiger charge is 2.17. The molecule has 3 rings (SSSR count). The monoisotopic (exact) mass is 383 g/mol. The molecule has 0 bridgehead atoms. The van der Waals surface area contributed by atoms with Crippen LogP contribution < -0.4 is 16.4 Å². The van der Waals surface area contributed by atoms with Crippen molar-refractivity contribution < 1.29 is 4.79 Å². The zero-order valence-corrected chi connectivity index (χ0v) is 16.0. The van der Waals surface area contributed by atoms with Crippen molar-refractivity contribution in [1.29, 1.82) is 0 Å². The van der Waals surface area contributed by atoms with E-state index in [0.29, 0.717) is 40.7 Å². The normalized spacial score (nSPS) is 12.1. The molecule has 0 unspecified atom stereocenters. The molecule has 27 heavy (non-hydrogen) atoms. The van der Waals surface area contributed by atoms with Gasteiger partial charge in [0.05, 0.1) is 17.1 Å². The molecular weight excluding hydrogens is 362 g/mol. The number of primary amides is 1. The third-order valence-electron chi connectivity index (χ3n) is 4.32. The molecule has 0 aliphatic heterocycles. The first-order chi connectivity index (χ1) is 13.0. The summed E-state index contributed by atoms with van der Waals surface area (Å²) in [4.78, 5) is 21.0. The van der Waals surface area contributed by atoms with Gasteiger partial charge in [0.2, 0.25) is 0 Å². The molecule has 1 aromatic heterocycles. The first-order valence-corrected chi connectivity index (χ1v) is 9.17. The topological polar surface area (TPSA) is 92.9 Å². The van der Waals surface area contributed by atoms with Gasteiger partial charge in [-0.3, -0.25) is 4.79 Å². The van der Waals surface area contributed by atoms with E-state index in [1.165, 1.54) is 0 Å². The number of anilines is 1. The van der Waals surface area contributed by atoms with Crippen LogP contribution in [0.2, 0.25) is 5.02 Å². The molecule has 7 heteroatoms. The number of carbonyl (C=O) groups excluding carboxylic acids is 1. The van der Waals surface area contributed by atoms with E-state index in [0.717, 1.165) is 10.9 Å². The average Bonchev–Trinajstić information content (AvgIpc) is 2.66. The molecule has 0 saturated carbocycles. The predicted octanol–water partition coefficient (Wildman–Crippen LogP) is 3.32. The molecule has 1 amide bonds. The van der Waals surface area contributed by atoms with Crippen molar-refractivity contribution >= 4 is 34.2 Å². The van der Waals surface area contributed by atoms with E-state index in [4.69, 9.17) is 17.3 Å². The summed E-state index contributed by atoms with van der Waals surface area (Å²) in [6, 6.07) is 13.0. The standard InChI is InChI=1S/C20H22ClN5O/c1-3-17-25-18-14(19(22)27)8-5-9-15(18)20(26-17)24-16(11-23-2)12-6-4-7-13(21)10-12/h4-10,16,23H,3,11H2,1-2H3,(H2,22,27)(H,24,25,26)/t16-/m1/s1. The lowest BCUT2D eigenvalue weighted by Crippen LogP contribution is -2.24. The minimum atomic E-state index is -0.506. The van der Waals surface area contributed by atoms with Gasteiger partial charge < -0.3 is 16.4 Å². The summed E-state index contributed by atoms with van der Waals surface area (Å²) >= 11 is 6.17. The van der Waals surface area contributed by atoms with Crippen LogP contribution in [0, 0.1) is 0 Å². The second-order valence-electron chi connectivity index (χ2n) is 6.22. The number of aromatic nitrogens is 2. The molecule has 0 saturated heterocycles. The van der Waals surface area contributed by atoms with Crippen LogP contribution in [0.4, 0.5) is 5.82 Å². The van der Waals surface area contributed by atoms with Crippen molar-refractivity contribution in [2.24, 2.45) is 5.73 Å². The maximum absolute atomic E-state index is 11.8. The highest BCUT2D eigenvalue weighted by molar-refractivity contribution is 6.30. The van der Waals surface area contributed by atoms with E-state index >= 15 is 0 Å². The lowest BCUT2D eigenvalue weighted by molar-refractivity contribution is 0.100. The Hall–Kier alpha value is -2.70. The summed E-state index contributed by atoms with van der Waals surface area (Å²) in [5.74, 6) is 0.807. The number of halogens is 1. The summed E-state index contributed by atoms with van der Waals surface area (Å²) in [5.41, 5.74) is 7.52. The van der Waals surface area contributed by atoms with Gasteiger partial charge in [-0.1, -0.05) is 36.7 Å². The molecule has 6 nitrogen and oxygen atoms in total. The first-order valence-electron chi connectivity index (χ1n) is 8.79. The van der Waals surface area contributed by atoms with E-state index < -0.39 is 5.91 Å². The van der Waals surface area contributed by atoms with Crippen molar-refractivity contribution in [3.63, 3.8) is 0 Å². The molecule has 2 aromatic carbocycles. The maximum atomic E-state index is 11.8. The zero-order valence-electron chi connectivity index (χ0n) is 15.3. The third-order valence-corrected chi connectivity index (χ3v) is 4.56. The summed E-state index contributed by atoms with van der Waals surface area (Å²) in [5, 5.41) is 8.10. The van der Waals surface area contributed by atoms with Crippen molar-refractivity contribution in [2.75, 3.05) is 18.9 Å². The van der Waals surface area contributed by atoms with Crippen LogP contribution in [0.25, 0.3) is 10.9 Å². The number of amides is 1. The fourth-order valence-electron chi connectivity index (χ4n) is 3.01. The molecule has 1 atom stereocenters. The van der Waals surface area contributed by atoms with Gasteiger partial charge in [0.1, 0.15) is 11.6 Å². The number of hydrogen-bond acceptors (Lipinski definition) is 5. The van der Waals surface area contributed by atoms with Gasteiger partial charge in [0.15, 0.2) is 0 Å². The summed E-state index contributed by atoms with van der Waals surface area (Å²) in [6.45, 7) is 2.64. The number of hydrogen-bond donors (Lipinski definition) is 3. The number of aryl methyl sites for hydroxylation is 1. The van der Waals surface area contributed by atoms with E-state index in [9.17, 15) is 4.79 Å². The first kappa shape index (κ1) is 19.1. The van der Waals surface area contributed by atoms with Crippen molar-refractivity contribution in [3.05, 3.63) is 64.4 Å². The number of benzene rings is 2. The lowest BCUT2D eigenvalue weighted by Gasteiger charge is -2.21. The SMILES string of the molecule is CCc1nc(N[C@H](CNC)c2cccc(Cl)c2)c2cccc(C(N)=O)c2n1. The van der Waals surface area contributed by atoms with Crippen LogP contribution in [0.15, 0.2) is 42.5 Å². The van der Waals surface area contributed by atoms with Gasteiger partial charge >= 0.3 is 0 Å². The number of nitrogens with one attached hydrogen (secondary N) is 2. The zero-order chi connectivity index (χ0) is 19.4. The Morgan fingerprint density at radius 1 is 1.22 bits per heavy atom. The van der Waals surface area contributed by atoms with Gasteiger partial charge in [-0.15, -0.1) is 0 Å². The molecule has 0 aliphatic carbocycles. The second-order valence-corrected chi connectivity index (χ2v) is 6.65. The van der Waals surface area contributed by atoms with Crippen LogP contribution in [0.1, 0.15) is 34.7 Å².